The van der Waals surface area contributed by atoms with Gasteiger partial charge in [-0.3, -0.25) is 9.69 Å². The number of amidine groups is 1. The molecule has 4 nitrogen and oxygen atoms in total. The van der Waals surface area contributed by atoms with E-state index in [0.29, 0.717) is 5.17 Å². The normalized spacial score (nSPS) is 19.4. The SMILES string of the molecule is O=C1N=C(N2CCN(Cc3ccccc3)CC2)S/C1=C\c1ccccc1C(F)(F)F. The van der Waals surface area contributed by atoms with Crippen molar-refractivity contribution in [2.75, 3.05) is 26.2 Å². The lowest BCUT2D eigenvalue weighted by Crippen LogP contribution is -2.47. The lowest BCUT2D eigenvalue weighted by atomic mass is 10.1. The molecule has 0 atom stereocenters. The molecule has 1 saturated heterocycles. The number of aliphatic imine (C=N–C) groups is 1. The number of rotatable bonds is 3. The van der Waals surface area contributed by atoms with Gasteiger partial charge in [0.05, 0.1) is 10.5 Å². The van der Waals surface area contributed by atoms with Crippen molar-refractivity contribution in [3.05, 3.63) is 76.2 Å². The van der Waals surface area contributed by atoms with Gasteiger partial charge in [-0.1, -0.05) is 48.5 Å². The molecule has 2 aliphatic heterocycles. The predicted molar refractivity (Wildman–Crippen MR) is 113 cm³/mol. The van der Waals surface area contributed by atoms with Crippen LogP contribution in [-0.4, -0.2) is 47.1 Å². The van der Waals surface area contributed by atoms with Gasteiger partial charge in [-0.2, -0.15) is 18.2 Å². The minimum atomic E-state index is -4.47. The highest BCUT2D eigenvalue weighted by Gasteiger charge is 2.34. The largest absolute Gasteiger partial charge is 0.416 e. The summed E-state index contributed by atoms with van der Waals surface area (Å²) in [7, 11) is 0. The molecule has 2 aromatic carbocycles. The fourth-order valence-corrected chi connectivity index (χ4v) is 4.45. The maximum atomic E-state index is 13.2. The van der Waals surface area contributed by atoms with Gasteiger partial charge in [-0.05, 0) is 35.0 Å². The van der Waals surface area contributed by atoms with Gasteiger partial charge in [0.15, 0.2) is 5.17 Å². The number of nitrogens with zero attached hydrogens (tertiary/aromatic N) is 3. The summed E-state index contributed by atoms with van der Waals surface area (Å²) < 4.78 is 39.7. The fourth-order valence-electron chi connectivity index (χ4n) is 3.49. The van der Waals surface area contributed by atoms with E-state index in [9.17, 15) is 18.0 Å². The maximum absolute atomic E-state index is 13.2. The van der Waals surface area contributed by atoms with Gasteiger partial charge in [0.2, 0.25) is 0 Å². The number of halogens is 3. The Kier molecular flexibility index (Phi) is 5.97. The Labute approximate surface area is 177 Å². The molecule has 2 aliphatic rings. The topological polar surface area (TPSA) is 35.9 Å². The molecule has 30 heavy (non-hydrogen) atoms. The number of amides is 1. The molecule has 2 heterocycles. The smallest absolute Gasteiger partial charge is 0.348 e. The van der Waals surface area contributed by atoms with Crippen LogP contribution in [0.25, 0.3) is 6.08 Å². The molecule has 0 aliphatic carbocycles. The van der Waals surface area contributed by atoms with Crippen LogP contribution in [0.1, 0.15) is 16.7 Å². The third kappa shape index (κ3) is 4.76. The number of hydrogen-bond donors (Lipinski definition) is 0. The van der Waals surface area contributed by atoms with E-state index in [1.54, 1.807) is 0 Å². The summed E-state index contributed by atoms with van der Waals surface area (Å²) in [5, 5.41) is 0.565. The second kappa shape index (κ2) is 8.65. The zero-order valence-electron chi connectivity index (χ0n) is 16.1. The lowest BCUT2D eigenvalue weighted by Gasteiger charge is -2.35. The summed E-state index contributed by atoms with van der Waals surface area (Å²) in [4.78, 5) is 21.0. The van der Waals surface area contributed by atoms with E-state index in [1.165, 1.54) is 29.8 Å². The first kappa shape index (κ1) is 20.7. The summed E-state index contributed by atoms with van der Waals surface area (Å²) in [5.74, 6) is -0.487. The van der Waals surface area contributed by atoms with E-state index >= 15 is 0 Å². The van der Waals surface area contributed by atoms with Crippen molar-refractivity contribution >= 4 is 28.9 Å². The number of piperazine rings is 1. The molecule has 2 aromatic rings. The molecule has 0 unspecified atom stereocenters. The van der Waals surface area contributed by atoms with Crippen LogP contribution in [0.4, 0.5) is 13.2 Å². The molecule has 0 spiro atoms. The number of carbonyl (C=O) groups is 1. The Morgan fingerprint density at radius 1 is 0.967 bits per heavy atom. The Morgan fingerprint density at radius 2 is 1.63 bits per heavy atom. The zero-order chi connectivity index (χ0) is 21.1. The third-order valence-corrected chi connectivity index (χ3v) is 6.10. The van der Waals surface area contributed by atoms with E-state index in [1.807, 2.05) is 23.1 Å². The van der Waals surface area contributed by atoms with Gasteiger partial charge >= 0.3 is 6.18 Å². The van der Waals surface area contributed by atoms with Crippen molar-refractivity contribution in [1.29, 1.82) is 0 Å². The number of thioether (sulfide) groups is 1. The van der Waals surface area contributed by atoms with Crippen LogP contribution in [0.5, 0.6) is 0 Å². The van der Waals surface area contributed by atoms with Crippen molar-refractivity contribution in [2.45, 2.75) is 12.7 Å². The predicted octanol–water partition coefficient (Wildman–Crippen LogP) is 4.49. The minimum Gasteiger partial charge on any atom is -0.348 e. The molecule has 156 valence electrons. The molecule has 0 radical (unpaired) electrons. The summed E-state index contributed by atoms with van der Waals surface area (Å²) in [6.07, 6.45) is -3.18. The number of carbonyl (C=O) groups excluding carboxylic acids is 1. The summed E-state index contributed by atoms with van der Waals surface area (Å²) >= 11 is 1.15. The van der Waals surface area contributed by atoms with Crippen molar-refractivity contribution in [1.82, 2.24) is 9.80 Å². The van der Waals surface area contributed by atoms with E-state index in [0.717, 1.165) is 50.6 Å². The van der Waals surface area contributed by atoms with E-state index in [2.05, 4.69) is 22.0 Å². The van der Waals surface area contributed by atoms with Crippen LogP contribution in [0, 0.1) is 0 Å². The average Bonchev–Trinajstić information content (AvgIpc) is 3.09. The van der Waals surface area contributed by atoms with Gasteiger partial charge in [-0.15, -0.1) is 0 Å². The molecule has 1 fully saturated rings. The molecule has 0 aromatic heterocycles. The summed E-state index contributed by atoms with van der Waals surface area (Å²) in [5.41, 5.74) is 0.473. The zero-order valence-corrected chi connectivity index (χ0v) is 16.9. The summed E-state index contributed by atoms with van der Waals surface area (Å²) in [6.45, 7) is 3.97. The van der Waals surface area contributed by atoms with Crippen LogP contribution in [-0.2, 0) is 17.5 Å². The minimum absolute atomic E-state index is 0.0232. The molecule has 0 N–H and O–H groups in total. The van der Waals surface area contributed by atoms with Gasteiger partial charge in [0.1, 0.15) is 0 Å². The first-order valence-corrected chi connectivity index (χ1v) is 10.4. The van der Waals surface area contributed by atoms with Crippen molar-refractivity contribution in [2.24, 2.45) is 4.99 Å². The average molecular weight is 431 g/mol. The Hall–Kier alpha value is -2.58. The van der Waals surface area contributed by atoms with Gasteiger partial charge in [-0.25, -0.2) is 0 Å². The monoisotopic (exact) mass is 431 g/mol. The number of benzene rings is 2. The second-order valence-corrected chi connectivity index (χ2v) is 8.15. The number of hydrogen-bond acceptors (Lipinski definition) is 4. The van der Waals surface area contributed by atoms with Crippen LogP contribution >= 0.6 is 11.8 Å². The molecule has 4 rings (SSSR count). The highest BCUT2D eigenvalue weighted by atomic mass is 32.2. The van der Waals surface area contributed by atoms with Gasteiger partial charge in [0.25, 0.3) is 5.91 Å². The van der Waals surface area contributed by atoms with Crippen LogP contribution in [0.15, 0.2) is 64.5 Å². The molecule has 8 heteroatoms. The van der Waals surface area contributed by atoms with Crippen LogP contribution in [0.3, 0.4) is 0 Å². The van der Waals surface area contributed by atoms with Crippen molar-refractivity contribution in [3.8, 4) is 0 Å². The Balaban J connectivity index is 1.40. The molecular weight excluding hydrogens is 411 g/mol. The molecule has 0 saturated carbocycles. The second-order valence-electron chi connectivity index (χ2n) is 7.14. The highest BCUT2D eigenvalue weighted by Crippen LogP contribution is 2.36. The Morgan fingerprint density at radius 3 is 2.33 bits per heavy atom. The quantitative estimate of drug-likeness (QED) is 0.671. The highest BCUT2D eigenvalue weighted by molar-refractivity contribution is 8.18. The fraction of sp³-hybridized carbons (Fsp3) is 0.273. The van der Waals surface area contributed by atoms with E-state index in [-0.39, 0.29) is 10.5 Å². The van der Waals surface area contributed by atoms with E-state index < -0.39 is 17.6 Å². The maximum Gasteiger partial charge on any atom is 0.416 e. The lowest BCUT2D eigenvalue weighted by molar-refractivity contribution is -0.137. The molecule has 0 bridgehead atoms. The van der Waals surface area contributed by atoms with Crippen molar-refractivity contribution < 1.29 is 18.0 Å². The first-order valence-electron chi connectivity index (χ1n) is 9.60. The molecular formula is C22H20F3N3OS. The van der Waals surface area contributed by atoms with Crippen LogP contribution in [0.2, 0.25) is 0 Å². The standard InChI is InChI=1S/C22H20F3N3OS/c23-22(24,25)18-9-5-4-8-17(18)14-19-20(29)26-21(30-19)28-12-10-27(11-13-28)15-16-6-2-1-3-7-16/h1-9,14H,10-13,15H2/b19-14-. The molecule has 1 amide bonds. The Bertz CT molecular complexity index is 981. The van der Waals surface area contributed by atoms with E-state index in [4.69, 9.17) is 0 Å². The van der Waals surface area contributed by atoms with Crippen LogP contribution < -0.4 is 0 Å². The van der Waals surface area contributed by atoms with Gasteiger partial charge in [0, 0.05) is 32.7 Å². The first-order chi connectivity index (χ1) is 14.4. The third-order valence-electron chi connectivity index (χ3n) is 5.05. The number of alkyl halides is 3. The summed E-state index contributed by atoms with van der Waals surface area (Å²) in [6, 6.07) is 15.5. The van der Waals surface area contributed by atoms with Gasteiger partial charge < -0.3 is 4.90 Å². The van der Waals surface area contributed by atoms with Crippen molar-refractivity contribution in [3.63, 3.8) is 0 Å².